The number of hydrogen-bond acceptors (Lipinski definition) is 6. The van der Waals surface area contributed by atoms with E-state index in [2.05, 4.69) is 10.5 Å². The van der Waals surface area contributed by atoms with E-state index in [9.17, 15) is 9.59 Å². The van der Waals surface area contributed by atoms with Crippen LogP contribution in [-0.4, -0.2) is 60.8 Å². The first-order valence-electron chi connectivity index (χ1n) is 10.1. The van der Waals surface area contributed by atoms with Gasteiger partial charge in [0.2, 0.25) is 5.91 Å². The number of piperidine rings is 1. The molecule has 3 heterocycles. The third kappa shape index (κ3) is 4.72. The molecule has 2 aliphatic heterocycles. The first-order chi connectivity index (χ1) is 13.4. The maximum absolute atomic E-state index is 12.9. The molecule has 0 aliphatic carbocycles. The second kappa shape index (κ2) is 9.05. The number of nitrogens with zero attached hydrogens (tertiary/aromatic N) is 2. The van der Waals surface area contributed by atoms with Crippen molar-refractivity contribution in [2.75, 3.05) is 33.4 Å². The van der Waals surface area contributed by atoms with Gasteiger partial charge in [-0.15, -0.1) is 0 Å². The smallest absolute Gasteiger partial charge is 0.276 e. The molecule has 8 nitrogen and oxygen atoms in total. The van der Waals surface area contributed by atoms with Crippen molar-refractivity contribution in [3.05, 3.63) is 17.0 Å². The summed E-state index contributed by atoms with van der Waals surface area (Å²) in [5.74, 6) is 1.09. The molecule has 1 aromatic heterocycles. The predicted octanol–water partition coefficient (Wildman–Crippen LogP) is 2.06. The van der Waals surface area contributed by atoms with E-state index in [-0.39, 0.29) is 17.4 Å². The number of carbonyl (C=O) groups excluding carboxylic acids is 2. The van der Waals surface area contributed by atoms with Crippen LogP contribution in [0.1, 0.15) is 60.8 Å². The molecule has 1 atom stereocenters. The number of methoxy groups -OCH3 is 1. The lowest BCUT2D eigenvalue weighted by molar-refractivity contribution is -0.125. The molecule has 2 amide bonds. The average molecular weight is 393 g/mol. The quantitative estimate of drug-likeness (QED) is 0.795. The fraction of sp³-hybridized carbons (Fsp3) is 0.750. The molecule has 1 unspecified atom stereocenters. The minimum atomic E-state index is -0.148. The Morgan fingerprint density at radius 2 is 2.11 bits per heavy atom. The molecule has 0 aromatic carbocycles. The Bertz CT molecular complexity index is 694. The number of carbonyl (C=O) groups is 2. The van der Waals surface area contributed by atoms with Crippen molar-refractivity contribution in [1.29, 1.82) is 0 Å². The van der Waals surface area contributed by atoms with Crippen molar-refractivity contribution in [2.45, 2.75) is 58.2 Å². The normalized spacial score (nSPS) is 21.7. The number of aryl methyl sites for hydroxylation is 1. The molecular weight excluding hydrogens is 362 g/mol. The second-order valence-electron chi connectivity index (χ2n) is 7.95. The van der Waals surface area contributed by atoms with Crippen molar-refractivity contribution >= 4 is 11.8 Å². The lowest BCUT2D eigenvalue weighted by Gasteiger charge is -2.46. The van der Waals surface area contributed by atoms with Gasteiger partial charge in [0.25, 0.3) is 5.91 Å². The van der Waals surface area contributed by atoms with Crippen LogP contribution in [0.3, 0.4) is 0 Å². The van der Waals surface area contributed by atoms with Crippen molar-refractivity contribution in [3.8, 4) is 0 Å². The fourth-order valence-corrected chi connectivity index (χ4v) is 4.32. The van der Waals surface area contributed by atoms with Crippen molar-refractivity contribution in [3.63, 3.8) is 0 Å². The van der Waals surface area contributed by atoms with Gasteiger partial charge in [-0.05, 0) is 44.9 Å². The lowest BCUT2D eigenvalue weighted by atomic mass is 9.78. The van der Waals surface area contributed by atoms with Crippen molar-refractivity contribution < 1.29 is 23.6 Å². The van der Waals surface area contributed by atoms with Crippen LogP contribution in [0.4, 0.5) is 0 Å². The van der Waals surface area contributed by atoms with Crippen molar-refractivity contribution in [2.24, 2.45) is 5.92 Å². The van der Waals surface area contributed by atoms with Gasteiger partial charge in [-0.25, -0.2) is 0 Å². The summed E-state index contributed by atoms with van der Waals surface area (Å²) in [5, 5.41) is 6.84. The Labute approximate surface area is 165 Å². The number of likely N-dealkylation sites (tertiary alicyclic amines) is 1. The molecule has 8 heteroatoms. The van der Waals surface area contributed by atoms with E-state index in [1.165, 1.54) is 0 Å². The first kappa shape index (κ1) is 20.8. The molecule has 156 valence electrons. The third-order valence-electron chi connectivity index (χ3n) is 5.96. The van der Waals surface area contributed by atoms with Crippen LogP contribution in [-0.2, 0) is 20.9 Å². The standard InChI is InChI=1S/C20H31N3O5/c1-14-17(13-26-3)18(22-28-14)19(25)23-9-6-20(7-10-23)12-16(5-11-27-20)4-8-21-15(2)24/h16H,4-13H2,1-3H3,(H,21,24). The van der Waals surface area contributed by atoms with E-state index in [4.69, 9.17) is 14.0 Å². The molecule has 1 aromatic rings. The summed E-state index contributed by atoms with van der Waals surface area (Å²) in [6, 6.07) is 0. The SMILES string of the molecule is COCc1c(C(=O)N2CCC3(CC2)CC(CCNC(C)=O)CCO3)noc1C. The minimum absolute atomic E-state index is 0.0181. The molecule has 1 spiro atoms. The van der Waals surface area contributed by atoms with Crippen molar-refractivity contribution in [1.82, 2.24) is 15.4 Å². The summed E-state index contributed by atoms with van der Waals surface area (Å²) >= 11 is 0. The van der Waals surface area contributed by atoms with E-state index >= 15 is 0 Å². The van der Waals surface area contributed by atoms with Gasteiger partial charge in [0, 0.05) is 40.3 Å². The van der Waals surface area contributed by atoms with Gasteiger partial charge in [0.1, 0.15) is 5.76 Å². The number of aromatic nitrogens is 1. The summed E-state index contributed by atoms with van der Waals surface area (Å²) in [4.78, 5) is 25.8. The van der Waals surface area contributed by atoms with Gasteiger partial charge in [0.15, 0.2) is 5.69 Å². The molecule has 3 rings (SSSR count). The highest BCUT2D eigenvalue weighted by Crippen LogP contribution is 2.39. The van der Waals surface area contributed by atoms with Gasteiger partial charge >= 0.3 is 0 Å². The monoisotopic (exact) mass is 393 g/mol. The van der Waals surface area contributed by atoms with Gasteiger partial charge in [-0.3, -0.25) is 9.59 Å². The molecule has 2 saturated heterocycles. The molecule has 28 heavy (non-hydrogen) atoms. The van der Waals surface area contributed by atoms with E-state index in [0.29, 0.717) is 43.6 Å². The second-order valence-corrected chi connectivity index (χ2v) is 7.95. The molecule has 0 bridgehead atoms. The highest BCUT2D eigenvalue weighted by Gasteiger charge is 2.41. The molecular formula is C20H31N3O5. The number of nitrogens with one attached hydrogen (secondary N) is 1. The fourth-order valence-electron chi connectivity index (χ4n) is 4.32. The van der Waals surface area contributed by atoms with Crippen LogP contribution >= 0.6 is 0 Å². The molecule has 2 aliphatic rings. The number of rotatable bonds is 6. The van der Waals surface area contributed by atoms with Crippen LogP contribution in [0.5, 0.6) is 0 Å². The topological polar surface area (TPSA) is 93.9 Å². The highest BCUT2D eigenvalue weighted by molar-refractivity contribution is 5.93. The third-order valence-corrected chi connectivity index (χ3v) is 5.96. The minimum Gasteiger partial charge on any atom is -0.380 e. The Balaban J connectivity index is 1.56. The zero-order chi connectivity index (χ0) is 20.1. The summed E-state index contributed by atoms with van der Waals surface area (Å²) in [5.41, 5.74) is 0.929. The molecule has 2 fully saturated rings. The number of amides is 2. The Morgan fingerprint density at radius 1 is 1.36 bits per heavy atom. The Morgan fingerprint density at radius 3 is 2.79 bits per heavy atom. The van der Waals surface area contributed by atoms with E-state index < -0.39 is 0 Å². The zero-order valence-electron chi connectivity index (χ0n) is 17.1. The van der Waals surface area contributed by atoms with Crippen LogP contribution in [0, 0.1) is 12.8 Å². The van der Waals surface area contributed by atoms with Gasteiger partial charge < -0.3 is 24.2 Å². The van der Waals surface area contributed by atoms with E-state index in [1.807, 2.05) is 4.90 Å². The van der Waals surface area contributed by atoms with Gasteiger partial charge in [0.05, 0.1) is 17.8 Å². The summed E-state index contributed by atoms with van der Waals surface area (Å²) in [7, 11) is 1.59. The van der Waals surface area contributed by atoms with Crippen LogP contribution < -0.4 is 5.32 Å². The highest BCUT2D eigenvalue weighted by atomic mass is 16.5. The maximum Gasteiger partial charge on any atom is 0.276 e. The lowest BCUT2D eigenvalue weighted by Crippen LogP contribution is -2.51. The summed E-state index contributed by atoms with van der Waals surface area (Å²) < 4.78 is 16.6. The number of ether oxygens (including phenoxy) is 2. The van der Waals surface area contributed by atoms with Gasteiger partial charge in [-0.1, -0.05) is 5.16 Å². The summed E-state index contributed by atoms with van der Waals surface area (Å²) in [6.07, 6.45) is 4.65. The molecule has 1 N–H and O–H groups in total. The maximum atomic E-state index is 12.9. The predicted molar refractivity (Wildman–Crippen MR) is 102 cm³/mol. The van der Waals surface area contributed by atoms with E-state index in [0.717, 1.165) is 44.3 Å². The molecule has 0 radical (unpaired) electrons. The average Bonchev–Trinajstić information content (AvgIpc) is 3.03. The largest absolute Gasteiger partial charge is 0.380 e. The van der Waals surface area contributed by atoms with Crippen LogP contribution in [0.25, 0.3) is 0 Å². The Kier molecular flexibility index (Phi) is 6.72. The zero-order valence-corrected chi connectivity index (χ0v) is 17.1. The van der Waals surface area contributed by atoms with E-state index in [1.54, 1.807) is 21.0 Å². The number of hydrogen-bond donors (Lipinski definition) is 1. The van der Waals surface area contributed by atoms with Gasteiger partial charge in [-0.2, -0.15) is 0 Å². The summed E-state index contributed by atoms with van der Waals surface area (Å²) in [6.45, 7) is 6.42. The van der Waals surface area contributed by atoms with Crippen LogP contribution in [0.2, 0.25) is 0 Å². The first-order valence-corrected chi connectivity index (χ1v) is 10.1. The Hall–Kier alpha value is -1.93. The molecule has 0 saturated carbocycles. The van der Waals surface area contributed by atoms with Crippen LogP contribution in [0.15, 0.2) is 4.52 Å².